The predicted molar refractivity (Wildman–Crippen MR) is 73.3 cm³/mol. The van der Waals surface area contributed by atoms with Gasteiger partial charge >= 0.3 is 0 Å². The molecular formula is C15H25NO. The van der Waals surface area contributed by atoms with Crippen molar-refractivity contribution in [1.29, 1.82) is 0 Å². The van der Waals surface area contributed by atoms with E-state index in [1.165, 1.54) is 12.0 Å². The van der Waals surface area contributed by atoms with Crippen molar-refractivity contribution in [3.63, 3.8) is 0 Å². The molecule has 1 atom stereocenters. The lowest BCUT2D eigenvalue weighted by molar-refractivity contribution is 0.293. The predicted octanol–water partition coefficient (Wildman–Crippen LogP) is 3.83. The van der Waals surface area contributed by atoms with Crippen LogP contribution in [0.15, 0.2) is 18.2 Å². The molecule has 0 aliphatic carbocycles. The highest BCUT2D eigenvalue weighted by atomic mass is 16.5. The molecule has 0 amide bonds. The van der Waals surface area contributed by atoms with Crippen LogP contribution in [0.2, 0.25) is 0 Å². The molecule has 17 heavy (non-hydrogen) atoms. The van der Waals surface area contributed by atoms with Crippen LogP contribution in [0.4, 0.5) is 0 Å². The highest BCUT2D eigenvalue weighted by molar-refractivity contribution is 5.38. The summed E-state index contributed by atoms with van der Waals surface area (Å²) in [6.45, 7) is 9.32. The monoisotopic (exact) mass is 235 g/mol. The highest BCUT2D eigenvalue weighted by Crippen LogP contribution is 2.25. The molecule has 0 bridgehead atoms. The minimum Gasteiger partial charge on any atom is -0.493 e. The van der Waals surface area contributed by atoms with E-state index in [9.17, 15) is 0 Å². The number of benzene rings is 1. The molecule has 2 N–H and O–H groups in total. The van der Waals surface area contributed by atoms with Crippen LogP contribution in [0.5, 0.6) is 5.75 Å². The van der Waals surface area contributed by atoms with Crippen LogP contribution < -0.4 is 10.5 Å². The van der Waals surface area contributed by atoms with Crippen LogP contribution >= 0.6 is 0 Å². The molecule has 0 aromatic heterocycles. The molecule has 0 saturated carbocycles. The molecular weight excluding hydrogens is 210 g/mol. The Balaban J connectivity index is 2.58. The highest BCUT2D eigenvalue weighted by Gasteiger charge is 2.08. The van der Waals surface area contributed by atoms with Crippen molar-refractivity contribution in [1.82, 2.24) is 0 Å². The third-order valence-electron chi connectivity index (χ3n) is 2.84. The first-order valence-electron chi connectivity index (χ1n) is 6.49. The maximum atomic E-state index is 5.96. The van der Waals surface area contributed by atoms with E-state index >= 15 is 0 Å². The lowest BCUT2D eigenvalue weighted by atomic mass is 10.1. The molecule has 0 aliphatic rings. The van der Waals surface area contributed by atoms with Crippen LogP contribution in [0.1, 0.15) is 50.8 Å². The first-order valence-corrected chi connectivity index (χ1v) is 6.49. The Morgan fingerprint density at radius 3 is 2.53 bits per heavy atom. The second kappa shape index (κ2) is 6.65. The molecule has 0 unspecified atom stereocenters. The molecule has 2 nitrogen and oxygen atoms in total. The maximum Gasteiger partial charge on any atom is 0.124 e. The smallest absolute Gasteiger partial charge is 0.124 e. The van der Waals surface area contributed by atoms with Gasteiger partial charge in [0, 0.05) is 11.6 Å². The van der Waals surface area contributed by atoms with E-state index in [0.29, 0.717) is 0 Å². The second-order valence-corrected chi connectivity index (χ2v) is 5.21. The summed E-state index contributed by atoms with van der Waals surface area (Å²) in [6, 6.07) is 6.24. The molecule has 0 spiro atoms. The van der Waals surface area contributed by atoms with Crippen LogP contribution in [0.25, 0.3) is 0 Å². The largest absolute Gasteiger partial charge is 0.493 e. The summed E-state index contributed by atoms with van der Waals surface area (Å²) < 4.78 is 5.82. The Kier molecular flexibility index (Phi) is 5.49. The van der Waals surface area contributed by atoms with Gasteiger partial charge in [-0.05, 0) is 38.7 Å². The number of hydrogen-bond acceptors (Lipinski definition) is 2. The number of aryl methyl sites for hydroxylation is 1. The minimum atomic E-state index is 0.0231. The summed E-state index contributed by atoms with van der Waals surface area (Å²) >= 11 is 0. The molecule has 1 aromatic rings. The first-order chi connectivity index (χ1) is 8.00. The molecule has 0 radical (unpaired) electrons. The Hall–Kier alpha value is -1.02. The summed E-state index contributed by atoms with van der Waals surface area (Å²) in [4.78, 5) is 0. The first kappa shape index (κ1) is 14.0. The standard InChI is InChI=1S/C15H25NO/c1-11(2)6-5-9-17-15-8-7-12(3)10-14(15)13(4)16/h7-8,10-11,13H,5-6,9,16H2,1-4H3/t13-/m1/s1. The number of hydrogen-bond donors (Lipinski definition) is 1. The van der Waals surface area contributed by atoms with Gasteiger partial charge in [-0.15, -0.1) is 0 Å². The van der Waals surface area contributed by atoms with E-state index in [0.717, 1.165) is 30.3 Å². The third-order valence-corrected chi connectivity index (χ3v) is 2.84. The van der Waals surface area contributed by atoms with E-state index in [1.54, 1.807) is 0 Å². The summed E-state index contributed by atoms with van der Waals surface area (Å²) in [5, 5.41) is 0. The summed E-state index contributed by atoms with van der Waals surface area (Å²) in [7, 11) is 0. The van der Waals surface area contributed by atoms with Gasteiger partial charge in [-0.3, -0.25) is 0 Å². The topological polar surface area (TPSA) is 35.2 Å². The summed E-state index contributed by atoms with van der Waals surface area (Å²) in [5.41, 5.74) is 8.29. The lowest BCUT2D eigenvalue weighted by Crippen LogP contribution is -2.09. The van der Waals surface area contributed by atoms with Gasteiger partial charge < -0.3 is 10.5 Å². The van der Waals surface area contributed by atoms with Gasteiger partial charge in [0.2, 0.25) is 0 Å². The number of ether oxygens (including phenoxy) is 1. The SMILES string of the molecule is Cc1ccc(OCCCC(C)C)c([C@@H](C)N)c1. The molecule has 0 fully saturated rings. The zero-order valence-electron chi connectivity index (χ0n) is 11.5. The fourth-order valence-corrected chi connectivity index (χ4v) is 1.83. The molecule has 0 saturated heterocycles. The zero-order valence-corrected chi connectivity index (χ0v) is 11.5. The number of rotatable bonds is 6. The molecule has 0 heterocycles. The van der Waals surface area contributed by atoms with Gasteiger partial charge in [-0.2, -0.15) is 0 Å². The average Bonchev–Trinajstić information content (AvgIpc) is 2.25. The van der Waals surface area contributed by atoms with Gasteiger partial charge in [0.25, 0.3) is 0 Å². The Labute approximate surface area is 105 Å². The van der Waals surface area contributed by atoms with Gasteiger partial charge in [0.05, 0.1) is 6.61 Å². The molecule has 0 aliphatic heterocycles. The summed E-state index contributed by atoms with van der Waals surface area (Å²) in [6.07, 6.45) is 2.31. The third kappa shape index (κ3) is 4.78. The van der Waals surface area contributed by atoms with Crippen LogP contribution in [0.3, 0.4) is 0 Å². The summed E-state index contributed by atoms with van der Waals surface area (Å²) in [5.74, 6) is 1.68. The van der Waals surface area contributed by atoms with E-state index in [1.807, 2.05) is 13.0 Å². The van der Waals surface area contributed by atoms with Gasteiger partial charge in [-0.25, -0.2) is 0 Å². The second-order valence-electron chi connectivity index (χ2n) is 5.21. The average molecular weight is 235 g/mol. The van der Waals surface area contributed by atoms with Crippen molar-refractivity contribution < 1.29 is 4.74 Å². The van der Waals surface area contributed by atoms with Crippen molar-refractivity contribution >= 4 is 0 Å². The van der Waals surface area contributed by atoms with E-state index in [2.05, 4.69) is 32.9 Å². The van der Waals surface area contributed by atoms with Crippen molar-refractivity contribution in [2.45, 2.75) is 46.6 Å². The fourth-order valence-electron chi connectivity index (χ4n) is 1.83. The van der Waals surface area contributed by atoms with Crippen molar-refractivity contribution in [3.8, 4) is 5.75 Å². The van der Waals surface area contributed by atoms with Crippen molar-refractivity contribution in [3.05, 3.63) is 29.3 Å². The fraction of sp³-hybridized carbons (Fsp3) is 0.600. The van der Waals surface area contributed by atoms with E-state index < -0.39 is 0 Å². The molecule has 96 valence electrons. The Morgan fingerprint density at radius 1 is 1.24 bits per heavy atom. The van der Waals surface area contributed by atoms with E-state index in [4.69, 9.17) is 10.5 Å². The Morgan fingerprint density at radius 2 is 1.94 bits per heavy atom. The van der Waals surface area contributed by atoms with Crippen LogP contribution in [-0.2, 0) is 0 Å². The van der Waals surface area contributed by atoms with Crippen molar-refractivity contribution in [2.75, 3.05) is 6.61 Å². The Bertz CT molecular complexity index is 345. The van der Waals surface area contributed by atoms with Gasteiger partial charge in [0.15, 0.2) is 0 Å². The van der Waals surface area contributed by atoms with Crippen LogP contribution in [-0.4, -0.2) is 6.61 Å². The lowest BCUT2D eigenvalue weighted by Gasteiger charge is -2.15. The van der Waals surface area contributed by atoms with Gasteiger partial charge in [-0.1, -0.05) is 31.5 Å². The number of nitrogens with two attached hydrogens (primary N) is 1. The molecule has 2 heteroatoms. The zero-order chi connectivity index (χ0) is 12.8. The van der Waals surface area contributed by atoms with Crippen LogP contribution in [0, 0.1) is 12.8 Å². The van der Waals surface area contributed by atoms with Crippen molar-refractivity contribution in [2.24, 2.45) is 11.7 Å². The molecule has 1 rings (SSSR count). The quantitative estimate of drug-likeness (QED) is 0.760. The molecule has 1 aromatic carbocycles. The maximum absolute atomic E-state index is 5.96. The normalized spacial score (nSPS) is 12.8. The minimum absolute atomic E-state index is 0.0231. The van der Waals surface area contributed by atoms with Gasteiger partial charge in [0.1, 0.15) is 5.75 Å². The van der Waals surface area contributed by atoms with E-state index in [-0.39, 0.29) is 6.04 Å².